The molecule has 1 rings (SSSR count). The topological polar surface area (TPSA) is 61.7 Å². The normalized spacial score (nSPS) is 10.4. The summed E-state index contributed by atoms with van der Waals surface area (Å²) in [6, 6.07) is 6.51. The zero-order valence-electron chi connectivity index (χ0n) is 7.27. The Morgan fingerprint density at radius 1 is 1.57 bits per heavy atom. The summed E-state index contributed by atoms with van der Waals surface area (Å²) in [5.74, 6) is -0.712. The molecule has 74 valence electrons. The number of hydrazone groups is 1. The summed E-state index contributed by atoms with van der Waals surface area (Å²) in [5, 5.41) is 12.5. The molecule has 0 aliphatic rings. The molecule has 0 fully saturated rings. The van der Waals surface area contributed by atoms with Crippen LogP contribution >= 0.6 is 11.6 Å². The van der Waals surface area contributed by atoms with Gasteiger partial charge in [0.15, 0.2) is 0 Å². The molecule has 0 heterocycles. The number of benzene rings is 1. The average molecular weight is 213 g/mol. The van der Waals surface area contributed by atoms with Crippen molar-refractivity contribution < 1.29 is 9.90 Å². The number of hydrogen-bond acceptors (Lipinski definition) is 3. The molecule has 0 unspecified atom stereocenters. The molecule has 4 nitrogen and oxygen atoms in total. The molecule has 0 aliphatic heterocycles. The van der Waals surface area contributed by atoms with Crippen LogP contribution in [0.25, 0.3) is 0 Å². The lowest BCUT2D eigenvalue weighted by atomic mass is 10.2. The first-order valence-electron chi connectivity index (χ1n) is 3.91. The van der Waals surface area contributed by atoms with Gasteiger partial charge in [-0.1, -0.05) is 12.1 Å². The van der Waals surface area contributed by atoms with Gasteiger partial charge in [0.25, 0.3) is 0 Å². The van der Waals surface area contributed by atoms with E-state index in [0.29, 0.717) is 5.69 Å². The SMILES string of the molecule is O=C(O)c1ccccc1NN=CCCl. The second-order valence-corrected chi connectivity index (χ2v) is 2.74. The number of alkyl halides is 1. The van der Waals surface area contributed by atoms with Gasteiger partial charge in [-0.05, 0) is 12.1 Å². The Kier molecular flexibility index (Phi) is 3.94. The van der Waals surface area contributed by atoms with Crippen LogP contribution in [0.3, 0.4) is 0 Å². The zero-order chi connectivity index (χ0) is 10.4. The molecule has 0 aliphatic carbocycles. The van der Waals surface area contributed by atoms with Crippen molar-refractivity contribution in [2.45, 2.75) is 0 Å². The third-order valence-electron chi connectivity index (χ3n) is 1.50. The Labute approximate surface area is 86.2 Å². The highest BCUT2D eigenvalue weighted by molar-refractivity contribution is 6.24. The van der Waals surface area contributed by atoms with Crippen molar-refractivity contribution in [3.05, 3.63) is 29.8 Å². The molecule has 0 atom stereocenters. The number of halogens is 1. The Morgan fingerprint density at radius 2 is 2.29 bits per heavy atom. The number of nitrogens with one attached hydrogen (secondary N) is 1. The molecule has 0 saturated carbocycles. The molecule has 1 aromatic rings. The van der Waals surface area contributed by atoms with Gasteiger partial charge in [-0.2, -0.15) is 5.10 Å². The van der Waals surface area contributed by atoms with Gasteiger partial charge in [-0.3, -0.25) is 5.43 Å². The van der Waals surface area contributed by atoms with E-state index in [1.807, 2.05) is 0 Å². The molecule has 0 bridgehead atoms. The summed E-state index contributed by atoms with van der Waals surface area (Å²) in [6.45, 7) is 0. The second-order valence-electron chi connectivity index (χ2n) is 2.43. The molecule has 0 spiro atoms. The fourth-order valence-corrected chi connectivity index (χ4v) is 0.986. The highest BCUT2D eigenvalue weighted by Gasteiger charge is 2.07. The van der Waals surface area contributed by atoms with Crippen LogP contribution in [-0.4, -0.2) is 23.2 Å². The van der Waals surface area contributed by atoms with Crippen molar-refractivity contribution in [1.29, 1.82) is 0 Å². The Morgan fingerprint density at radius 3 is 2.93 bits per heavy atom. The van der Waals surface area contributed by atoms with E-state index >= 15 is 0 Å². The molecular formula is C9H9ClN2O2. The van der Waals surface area contributed by atoms with E-state index in [9.17, 15) is 4.79 Å². The van der Waals surface area contributed by atoms with Gasteiger partial charge in [0.2, 0.25) is 0 Å². The van der Waals surface area contributed by atoms with Crippen molar-refractivity contribution in [2.75, 3.05) is 11.3 Å². The number of para-hydroxylation sites is 1. The average Bonchev–Trinajstić information content (AvgIpc) is 2.19. The number of rotatable bonds is 4. The molecule has 1 aromatic carbocycles. The Balaban J connectivity index is 2.84. The number of anilines is 1. The standard InChI is InChI=1S/C9H9ClN2O2/c10-5-6-11-12-8-4-2-1-3-7(8)9(13)14/h1-4,6,12H,5H2,(H,13,14). The van der Waals surface area contributed by atoms with Gasteiger partial charge < -0.3 is 5.11 Å². The van der Waals surface area contributed by atoms with E-state index in [1.165, 1.54) is 12.3 Å². The number of aromatic carboxylic acids is 1. The van der Waals surface area contributed by atoms with E-state index < -0.39 is 5.97 Å². The molecular weight excluding hydrogens is 204 g/mol. The smallest absolute Gasteiger partial charge is 0.337 e. The summed E-state index contributed by atoms with van der Waals surface area (Å²) >= 11 is 5.36. The predicted molar refractivity (Wildman–Crippen MR) is 56.2 cm³/mol. The number of hydrogen-bond donors (Lipinski definition) is 2. The van der Waals surface area contributed by atoms with Crippen molar-refractivity contribution in [3.8, 4) is 0 Å². The molecule has 5 heteroatoms. The van der Waals surface area contributed by atoms with Crippen molar-refractivity contribution >= 4 is 29.5 Å². The van der Waals surface area contributed by atoms with E-state index in [1.54, 1.807) is 18.2 Å². The third-order valence-corrected chi connectivity index (χ3v) is 1.64. The Hall–Kier alpha value is -1.55. The monoisotopic (exact) mass is 212 g/mol. The summed E-state index contributed by atoms with van der Waals surface area (Å²) in [7, 11) is 0. The van der Waals surface area contributed by atoms with Crippen LogP contribution in [0.1, 0.15) is 10.4 Å². The Bertz CT molecular complexity index is 352. The van der Waals surface area contributed by atoms with Gasteiger partial charge >= 0.3 is 5.97 Å². The first-order valence-corrected chi connectivity index (χ1v) is 4.45. The van der Waals surface area contributed by atoms with Gasteiger partial charge in [-0.25, -0.2) is 4.79 Å². The first-order chi connectivity index (χ1) is 6.75. The summed E-state index contributed by atoms with van der Waals surface area (Å²) < 4.78 is 0. The maximum Gasteiger partial charge on any atom is 0.337 e. The van der Waals surface area contributed by atoms with E-state index in [4.69, 9.17) is 16.7 Å². The maximum absolute atomic E-state index is 10.7. The number of nitrogens with zero attached hydrogens (tertiary/aromatic N) is 1. The van der Waals surface area contributed by atoms with Gasteiger partial charge in [0.05, 0.1) is 17.1 Å². The van der Waals surface area contributed by atoms with Crippen LogP contribution in [0.2, 0.25) is 0 Å². The fraction of sp³-hybridized carbons (Fsp3) is 0.111. The number of carboxylic acid groups (broad SMARTS) is 1. The predicted octanol–water partition coefficient (Wildman–Crippen LogP) is 2.02. The minimum atomic E-state index is -0.992. The molecule has 0 saturated heterocycles. The minimum absolute atomic E-state index is 0.180. The van der Waals surface area contributed by atoms with Crippen LogP contribution in [0.4, 0.5) is 5.69 Å². The molecule has 0 amide bonds. The molecule has 0 aromatic heterocycles. The lowest BCUT2D eigenvalue weighted by Gasteiger charge is -2.03. The van der Waals surface area contributed by atoms with Crippen LogP contribution in [0, 0.1) is 0 Å². The second kappa shape index (κ2) is 5.24. The van der Waals surface area contributed by atoms with Crippen LogP contribution in [0.15, 0.2) is 29.4 Å². The van der Waals surface area contributed by atoms with Crippen LogP contribution in [0.5, 0.6) is 0 Å². The summed E-state index contributed by atoms with van der Waals surface area (Å²) in [4.78, 5) is 10.7. The highest BCUT2D eigenvalue weighted by atomic mass is 35.5. The van der Waals surface area contributed by atoms with Gasteiger partial charge in [0.1, 0.15) is 0 Å². The first kappa shape index (κ1) is 10.5. The number of carboxylic acids is 1. The van der Waals surface area contributed by atoms with E-state index in [0.717, 1.165) is 0 Å². The van der Waals surface area contributed by atoms with Crippen LogP contribution in [-0.2, 0) is 0 Å². The van der Waals surface area contributed by atoms with Gasteiger partial charge in [0, 0.05) is 6.21 Å². The van der Waals surface area contributed by atoms with Crippen molar-refractivity contribution in [1.82, 2.24) is 0 Å². The lowest BCUT2D eigenvalue weighted by Crippen LogP contribution is -2.01. The lowest BCUT2D eigenvalue weighted by molar-refractivity contribution is 0.0698. The van der Waals surface area contributed by atoms with Crippen molar-refractivity contribution in [2.24, 2.45) is 5.10 Å². The zero-order valence-corrected chi connectivity index (χ0v) is 8.03. The number of carbonyl (C=O) groups is 1. The fourth-order valence-electron chi connectivity index (χ4n) is 0.917. The van der Waals surface area contributed by atoms with E-state index in [-0.39, 0.29) is 11.4 Å². The van der Waals surface area contributed by atoms with E-state index in [2.05, 4.69) is 10.5 Å². The minimum Gasteiger partial charge on any atom is -0.478 e. The van der Waals surface area contributed by atoms with Gasteiger partial charge in [-0.15, -0.1) is 11.6 Å². The quantitative estimate of drug-likeness (QED) is 0.456. The molecule has 2 N–H and O–H groups in total. The molecule has 14 heavy (non-hydrogen) atoms. The highest BCUT2D eigenvalue weighted by Crippen LogP contribution is 2.14. The van der Waals surface area contributed by atoms with Crippen LogP contribution < -0.4 is 5.43 Å². The summed E-state index contributed by atoms with van der Waals surface area (Å²) in [6.07, 6.45) is 1.44. The third kappa shape index (κ3) is 2.74. The largest absolute Gasteiger partial charge is 0.478 e. The summed E-state index contributed by atoms with van der Waals surface area (Å²) in [5.41, 5.74) is 3.23. The van der Waals surface area contributed by atoms with Crippen molar-refractivity contribution in [3.63, 3.8) is 0 Å². The molecule has 0 radical (unpaired) electrons. The maximum atomic E-state index is 10.7.